The van der Waals surface area contributed by atoms with Crippen molar-refractivity contribution in [2.24, 2.45) is 4.99 Å². The molecule has 0 fully saturated rings. The highest BCUT2D eigenvalue weighted by molar-refractivity contribution is 5.81. The molecule has 0 aromatic rings. The zero-order valence-corrected chi connectivity index (χ0v) is 8.93. The molecular weight excluding hydrogens is 158 g/mol. The molecule has 0 spiro atoms. The first-order chi connectivity index (χ1) is 6.31. The summed E-state index contributed by atoms with van der Waals surface area (Å²) in [4.78, 5) is 4.10. The smallest absolute Gasteiger partial charge is 0.0276 e. The maximum absolute atomic E-state index is 4.10. The highest BCUT2D eigenvalue weighted by atomic mass is 14.7. The van der Waals surface area contributed by atoms with Gasteiger partial charge in [0.15, 0.2) is 0 Å². The van der Waals surface area contributed by atoms with Crippen LogP contribution in [0.5, 0.6) is 0 Å². The van der Waals surface area contributed by atoms with E-state index in [0.717, 1.165) is 25.7 Å². The van der Waals surface area contributed by atoms with Gasteiger partial charge in [0.2, 0.25) is 0 Å². The number of rotatable bonds is 5. The molecule has 1 nitrogen and oxygen atoms in total. The summed E-state index contributed by atoms with van der Waals surface area (Å²) in [6, 6.07) is 0. The number of aliphatic imine (C=N–C) groups is 1. The fourth-order valence-electron chi connectivity index (χ4n) is 0.920. The van der Waals surface area contributed by atoms with Gasteiger partial charge in [0, 0.05) is 19.2 Å². The summed E-state index contributed by atoms with van der Waals surface area (Å²) in [5.41, 5.74) is 1.22. The van der Waals surface area contributed by atoms with Gasteiger partial charge in [-0.3, -0.25) is 4.99 Å². The Hall–Kier alpha value is -1.03. The first-order valence-electron chi connectivity index (χ1n) is 4.78. The molecule has 0 saturated heterocycles. The van der Waals surface area contributed by atoms with Gasteiger partial charge in [-0.15, -0.1) is 11.8 Å². The Morgan fingerprint density at radius 2 is 2.00 bits per heavy atom. The molecule has 0 rings (SSSR count). The number of unbranched alkanes of at least 4 members (excludes halogenated alkanes) is 1. The highest BCUT2D eigenvalue weighted by Crippen LogP contribution is 1.96. The van der Waals surface area contributed by atoms with E-state index in [2.05, 4.69) is 35.9 Å². The van der Waals surface area contributed by atoms with Gasteiger partial charge in [-0.2, -0.15) is 0 Å². The SMILES string of the molecule is CC#CCC/C=C/CC/C(C)=N/C. The van der Waals surface area contributed by atoms with E-state index in [1.807, 2.05) is 14.0 Å². The second-order valence-corrected chi connectivity index (χ2v) is 2.93. The second kappa shape index (κ2) is 9.06. The number of hydrogen-bond acceptors (Lipinski definition) is 1. The van der Waals surface area contributed by atoms with Crippen LogP contribution in [0.1, 0.15) is 39.5 Å². The van der Waals surface area contributed by atoms with Gasteiger partial charge in [-0.1, -0.05) is 12.2 Å². The van der Waals surface area contributed by atoms with Crippen molar-refractivity contribution < 1.29 is 0 Å². The monoisotopic (exact) mass is 177 g/mol. The first kappa shape index (κ1) is 12.0. The summed E-state index contributed by atoms with van der Waals surface area (Å²) in [7, 11) is 1.84. The third-order valence-corrected chi connectivity index (χ3v) is 1.83. The average molecular weight is 177 g/mol. The van der Waals surface area contributed by atoms with Gasteiger partial charge >= 0.3 is 0 Å². The Balaban J connectivity index is 3.35. The van der Waals surface area contributed by atoms with Crippen molar-refractivity contribution >= 4 is 5.71 Å². The summed E-state index contributed by atoms with van der Waals surface area (Å²) in [6.07, 6.45) is 8.64. The summed E-state index contributed by atoms with van der Waals surface area (Å²) in [6.45, 7) is 3.95. The topological polar surface area (TPSA) is 12.4 Å². The van der Waals surface area contributed by atoms with E-state index in [4.69, 9.17) is 0 Å². The van der Waals surface area contributed by atoms with Crippen LogP contribution in [0.25, 0.3) is 0 Å². The van der Waals surface area contributed by atoms with Gasteiger partial charge in [0.05, 0.1) is 0 Å². The second-order valence-electron chi connectivity index (χ2n) is 2.93. The summed E-state index contributed by atoms with van der Waals surface area (Å²) >= 11 is 0. The Morgan fingerprint density at radius 3 is 2.62 bits per heavy atom. The quantitative estimate of drug-likeness (QED) is 0.265. The van der Waals surface area contributed by atoms with E-state index >= 15 is 0 Å². The van der Waals surface area contributed by atoms with E-state index in [1.165, 1.54) is 5.71 Å². The molecule has 1 heteroatoms. The Labute approximate surface area is 82.0 Å². The van der Waals surface area contributed by atoms with Crippen molar-refractivity contribution in [1.82, 2.24) is 0 Å². The molecule has 0 unspecified atom stereocenters. The van der Waals surface area contributed by atoms with Crippen LogP contribution < -0.4 is 0 Å². The number of hydrogen-bond donors (Lipinski definition) is 0. The fourth-order valence-corrected chi connectivity index (χ4v) is 0.920. The molecule has 72 valence electrons. The Kier molecular flexibility index (Phi) is 8.34. The molecule has 0 bridgehead atoms. The van der Waals surface area contributed by atoms with Crippen LogP contribution in [0.3, 0.4) is 0 Å². The predicted octanol–water partition coefficient (Wildman–Crippen LogP) is 3.22. The lowest BCUT2D eigenvalue weighted by molar-refractivity contribution is 1.03. The summed E-state index contributed by atoms with van der Waals surface area (Å²) in [5.74, 6) is 5.92. The minimum absolute atomic E-state index is 0.980. The maximum Gasteiger partial charge on any atom is 0.0276 e. The number of nitrogens with zero attached hydrogens (tertiary/aromatic N) is 1. The molecule has 0 aliphatic carbocycles. The zero-order valence-electron chi connectivity index (χ0n) is 8.93. The molecule has 0 aliphatic heterocycles. The van der Waals surface area contributed by atoms with E-state index in [9.17, 15) is 0 Å². The van der Waals surface area contributed by atoms with Gasteiger partial charge < -0.3 is 0 Å². The minimum atomic E-state index is 0.980. The van der Waals surface area contributed by atoms with Crippen LogP contribution in [-0.2, 0) is 0 Å². The average Bonchev–Trinajstić information content (AvgIpc) is 2.16. The van der Waals surface area contributed by atoms with Crippen molar-refractivity contribution in [2.75, 3.05) is 7.05 Å². The van der Waals surface area contributed by atoms with Crippen molar-refractivity contribution in [2.45, 2.75) is 39.5 Å². The van der Waals surface area contributed by atoms with Crippen LogP contribution in [0.2, 0.25) is 0 Å². The Morgan fingerprint density at radius 1 is 1.31 bits per heavy atom. The van der Waals surface area contributed by atoms with Gasteiger partial charge in [-0.05, 0) is 33.1 Å². The van der Waals surface area contributed by atoms with E-state index < -0.39 is 0 Å². The van der Waals surface area contributed by atoms with Crippen molar-refractivity contribution in [1.29, 1.82) is 0 Å². The third-order valence-electron chi connectivity index (χ3n) is 1.83. The molecule has 0 heterocycles. The van der Waals surface area contributed by atoms with Crippen molar-refractivity contribution in [3.05, 3.63) is 12.2 Å². The molecule has 0 N–H and O–H groups in total. The van der Waals surface area contributed by atoms with Crippen LogP contribution in [-0.4, -0.2) is 12.8 Å². The fraction of sp³-hybridized carbons (Fsp3) is 0.583. The lowest BCUT2D eigenvalue weighted by Gasteiger charge is -1.93. The third kappa shape index (κ3) is 8.88. The van der Waals surface area contributed by atoms with Crippen LogP contribution in [0, 0.1) is 11.8 Å². The Bertz CT molecular complexity index is 225. The van der Waals surface area contributed by atoms with Crippen LogP contribution in [0.15, 0.2) is 17.1 Å². The lowest BCUT2D eigenvalue weighted by atomic mass is 10.2. The molecule has 0 atom stereocenters. The summed E-state index contributed by atoms with van der Waals surface area (Å²) < 4.78 is 0. The van der Waals surface area contributed by atoms with Crippen molar-refractivity contribution in [3.63, 3.8) is 0 Å². The standard InChI is InChI=1S/C12H19N/c1-4-5-6-7-8-9-10-11-12(2)13-3/h8-9H,6-7,10-11H2,1-3H3/b9-8+,13-12+. The predicted molar refractivity (Wildman–Crippen MR) is 60.1 cm³/mol. The first-order valence-corrected chi connectivity index (χ1v) is 4.78. The van der Waals surface area contributed by atoms with Gasteiger partial charge in [0.1, 0.15) is 0 Å². The van der Waals surface area contributed by atoms with E-state index in [1.54, 1.807) is 0 Å². The maximum atomic E-state index is 4.10. The zero-order chi connectivity index (χ0) is 9.94. The van der Waals surface area contributed by atoms with Gasteiger partial charge in [-0.25, -0.2) is 0 Å². The van der Waals surface area contributed by atoms with Crippen LogP contribution in [0.4, 0.5) is 0 Å². The molecule has 0 aliphatic rings. The molecule has 0 aromatic heterocycles. The largest absolute Gasteiger partial charge is 0.298 e. The van der Waals surface area contributed by atoms with Crippen molar-refractivity contribution in [3.8, 4) is 11.8 Å². The number of allylic oxidation sites excluding steroid dienone is 2. The van der Waals surface area contributed by atoms with E-state index in [-0.39, 0.29) is 0 Å². The lowest BCUT2D eigenvalue weighted by Crippen LogP contribution is -1.88. The molecular formula is C12H19N. The van der Waals surface area contributed by atoms with E-state index in [0.29, 0.717) is 0 Å². The summed E-state index contributed by atoms with van der Waals surface area (Å²) in [5, 5.41) is 0. The molecule has 0 radical (unpaired) electrons. The van der Waals surface area contributed by atoms with Crippen LogP contribution >= 0.6 is 0 Å². The molecule has 0 amide bonds. The molecule has 0 aromatic carbocycles. The normalized spacial score (nSPS) is 11.5. The molecule has 13 heavy (non-hydrogen) atoms. The molecule has 0 saturated carbocycles. The highest BCUT2D eigenvalue weighted by Gasteiger charge is 1.85. The van der Waals surface area contributed by atoms with Gasteiger partial charge in [0.25, 0.3) is 0 Å². The minimum Gasteiger partial charge on any atom is -0.298 e.